The molecule has 96 valence electrons. The molecule has 0 aromatic rings. The Bertz CT molecular complexity index is 198. The zero-order chi connectivity index (χ0) is 12.1. The van der Waals surface area contributed by atoms with Crippen molar-refractivity contribution in [3.63, 3.8) is 0 Å². The minimum Gasteiger partial charge on any atom is -0.387 e. The van der Waals surface area contributed by atoms with Crippen molar-refractivity contribution in [1.82, 2.24) is 0 Å². The topological polar surface area (TPSA) is 77.4 Å². The van der Waals surface area contributed by atoms with E-state index in [0.29, 0.717) is 6.61 Å². The summed E-state index contributed by atoms with van der Waals surface area (Å²) >= 11 is 0. The molecule has 0 aromatic carbocycles. The SMILES string of the molecule is CCOC1C(OC)OC(COC)C(O)C1O. The number of hydrogen-bond acceptors (Lipinski definition) is 6. The fourth-order valence-corrected chi connectivity index (χ4v) is 1.77. The maximum atomic E-state index is 9.88. The first-order valence-corrected chi connectivity index (χ1v) is 5.30. The van der Waals surface area contributed by atoms with Crippen LogP contribution in [0.1, 0.15) is 6.92 Å². The quantitative estimate of drug-likeness (QED) is 0.646. The zero-order valence-corrected chi connectivity index (χ0v) is 9.83. The van der Waals surface area contributed by atoms with Gasteiger partial charge in [-0.3, -0.25) is 0 Å². The summed E-state index contributed by atoms with van der Waals surface area (Å²) in [6.45, 7) is 2.40. The van der Waals surface area contributed by atoms with Gasteiger partial charge in [-0.15, -0.1) is 0 Å². The average Bonchev–Trinajstić information content (AvgIpc) is 2.29. The Kier molecular flexibility index (Phi) is 5.60. The van der Waals surface area contributed by atoms with Crippen LogP contribution in [0.4, 0.5) is 0 Å². The van der Waals surface area contributed by atoms with Crippen molar-refractivity contribution in [2.24, 2.45) is 0 Å². The highest BCUT2D eigenvalue weighted by atomic mass is 16.7. The largest absolute Gasteiger partial charge is 0.387 e. The lowest BCUT2D eigenvalue weighted by Crippen LogP contribution is -2.59. The number of ether oxygens (including phenoxy) is 4. The summed E-state index contributed by atoms with van der Waals surface area (Å²) < 4.78 is 20.7. The molecular formula is C10H20O6. The summed E-state index contributed by atoms with van der Waals surface area (Å²) in [4.78, 5) is 0. The smallest absolute Gasteiger partial charge is 0.186 e. The predicted molar refractivity (Wildman–Crippen MR) is 55.0 cm³/mol. The van der Waals surface area contributed by atoms with E-state index in [4.69, 9.17) is 18.9 Å². The molecule has 6 nitrogen and oxygen atoms in total. The van der Waals surface area contributed by atoms with Gasteiger partial charge in [0, 0.05) is 20.8 Å². The van der Waals surface area contributed by atoms with E-state index in [1.54, 1.807) is 6.92 Å². The molecule has 1 heterocycles. The van der Waals surface area contributed by atoms with Crippen LogP contribution < -0.4 is 0 Å². The summed E-state index contributed by atoms with van der Waals surface area (Å²) in [5, 5.41) is 19.7. The molecule has 0 amide bonds. The van der Waals surface area contributed by atoms with Crippen molar-refractivity contribution in [1.29, 1.82) is 0 Å². The monoisotopic (exact) mass is 236 g/mol. The van der Waals surface area contributed by atoms with E-state index in [0.717, 1.165) is 0 Å². The summed E-state index contributed by atoms with van der Waals surface area (Å²) in [6, 6.07) is 0. The molecule has 0 spiro atoms. The van der Waals surface area contributed by atoms with Crippen LogP contribution in [0, 0.1) is 0 Å². The summed E-state index contributed by atoms with van der Waals surface area (Å²) in [5.74, 6) is 0. The van der Waals surface area contributed by atoms with Gasteiger partial charge >= 0.3 is 0 Å². The minimum atomic E-state index is -1.04. The normalized spacial score (nSPS) is 39.9. The molecule has 6 heteroatoms. The van der Waals surface area contributed by atoms with Gasteiger partial charge in [-0.05, 0) is 6.92 Å². The van der Waals surface area contributed by atoms with Crippen molar-refractivity contribution in [2.75, 3.05) is 27.4 Å². The second kappa shape index (κ2) is 6.48. The lowest BCUT2D eigenvalue weighted by molar-refractivity contribution is -0.303. The minimum absolute atomic E-state index is 0.191. The number of aliphatic hydroxyl groups is 2. The second-order valence-corrected chi connectivity index (χ2v) is 3.64. The van der Waals surface area contributed by atoms with Gasteiger partial charge in [0.05, 0.1) is 6.61 Å². The number of hydrogen-bond donors (Lipinski definition) is 2. The van der Waals surface area contributed by atoms with Crippen molar-refractivity contribution >= 4 is 0 Å². The van der Waals surface area contributed by atoms with E-state index in [1.165, 1.54) is 14.2 Å². The van der Waals surface area contributed by atoms with Gasteiger partial charge in [0.2, 0.25) is 0 Å². The lowest BCUT2D eigenvalue weighted by Gasteiger charge is -2.41. The molecule has 16 heavy (non-hydrogen) atoms. The fourth-order valence-electron chi connectivity index (χ4n) is 1.77. The molecule has 0 aromatic heterocycles. The Morgan fingerprint density at radius 2 is 1.88 bits per heavy atom. The third kappa shape index (κ3) is 2.91. The first-order valence-electron chi connectivity index (χ1n) is 5.30. The van der Waals surface area contributed by atoms with Crippen LogP contribution in [0.3, 0.4) is 0 Å². The van der Waals surface area contributed by atoms with Gasteiger partial charge in [-0.1, -0.05) is 0 Å². The maximum absolute atomic E-state index is 9.88. The number of methoxy groups -OCH3 is 2. The molecule has 0 saturated carbocycles. The highest BCUT2D eigenvalue weighted by Gasteiger charge is 2.45. The lowest BCUT2D eigenvalue weighted by atomic mass is 9.99. The van der Waals surface area contributed by atoms with Gasteiger partial charge in [0.15, 0.2) is 6.29 Å². The molecular weight excluding hydrogens is 216 g/mol. The van der Waals surface area contributed by atoms with Crippen LogP contribution in [0.15, 0.2) is 0 Å². The van der Waals surface area contributed by atoms with Gasteiger partial charge in [0.1, 0.15) is 24.4 Å². The van der Waals surface area contributed by atoms with Crippen molar-refractivity contribution in [2.45, 2.75) is 37.6 Å². The van der Waals surface area contributed by atoms with Crippen LogP contribution in [0.25, 0.3) is 0 Å². The molecule has 1 aliphatic heterocycles. The van der Waals surface area contributed by atoms with E-state index in [1.807, 2.05) is 0 Å². The molecule has 2 N–H and O–H groups in total. The van der Waals surface area contributed by atoms with Gasteiger partial charge in [-0.25, -0.2) is 0 Å². The van der Waals surface area contributed by atoms with Crippen LogP contribution >= 0.6 is 0 Å². The first kappa shape index (κ1) is 13.8. The van der Waals surface area contributed by atoms with Gasteiger partial charge in [0.25, 0.3) is 0 Å². The third-order valence-corrected chi connectivity index (χ3v) is 2.57. The molecule has 0 radical (unpaired) electrons. The van der Waals surface area contributed by atoms with E-state index in [-0.39, 0.29) is 6.61 Å². The van der Waals surface area contributed by atoms with E-state index in [9.17, 15) is 10.2 Å². The zero-order valence-electron chi connectivity index (χ0n) is 9.83. The summed E-state index contributed by atoms with van der Waals surface area (Å²) in [6.07, 6.45) is -4.07. The molecule has 1 fully saturated rings. The van der Waals surface area contributed by atoms with E-state index in [2.05, 4.69) is 0 Å². The number of aliphatic hydroxyl groups excluding tert-OH is 2. The molecule has 1 saturated heterocycles. The van der Waals surface area contributed by atoms with Gasteiger partial charge in [-0.2, -0.15) is 0 Å². The molecule has 1 rings (SSSR count). The van der Waals surface area contributed by atoms with Gasteiger partial charge < -0.3 is 29.2 Å². The highest BCUT2D eigenvalue weighted by Crippen LogP contribution is 2.24. The summed E-state index contributed by atoms with van der Waals surface area (Å²) in [5.41, 5.74) is 0. The molecule has 0 bridgehead atoms. The molecule has 5 unspecified atom stereocenters. The average molecular weight is 236 g/mol. The van der Waals surface area contributed by atoms with E-state index >= 15 is 0 Å². The predicted octanol–water partition coefficient (Wildman–Crippen LogP) is -0.869. The van der Waals surface area contributed by atoms with Crippen molar-refractivity contribution in [3.8, 4) is 0 Å². The highest BCUT2D eigenvalue weighted by molar-refractivity contribution is 4.90. The fraction of sp³-hybridized carbons (Fsp3) is 1.00. The Morgan fingerprint density at radius 3 is 2.38 bits per heavy atom. The standard InChI is InChI=1S/C10H20O6/c1-4-15-9-8(12)7(11)6(5-13-2)16-10(9)14-3/h6-12H,4-5H2,1-3H3. The van der Waals surface area contributed by atoms with Crippen LogP contribution in [-0.2, 0) is 18.9 Å². The Hall–Kier alpha value is -0.240. The van der Waals surface area contributed by atoms with Crippen LogP contribution in [-0.4, -0.2) is 68.4 Å². The Labute approximate surface area is 95.1 Å². The third-order valence-electron chi connectivity index (χ3n) is 2.57. The second-order valence-electron chi connectivity index (χ2n) is 3.64. The van der Waals surface area contributed by atoms with Crippen molar-refractivity contribution < 1.29 is 29.2 Å². The van der Waals surface area contributed by atoms with Crippen LogP contribution in [0.2, 0.25) is 0 Å². The Morgan fingerprint density at radius 1 is 1.19 bits per heavy atom. The Balaban J connectivity index is 2.68. The van der Waals surface area contributed by atoms with E-state index < -0.39 is 30.7 Å². The molecule has 5 atom stereocenters. The van der Waals surface area contributed by atoms with Crippen molar-refractivity contribution in [3.05, 3.63) is 0 Å². The molecule has 0 aliphatic carbocycles. The summed E-state index contributed by atoms with van der Waals surface area (Å²) in [7, 11) is 2.96. The first-order chi connectivity index (χ1) is 7.65. The van der Waals surface area contributed by atoms with Crippen LogP contribution in [0.5, 0.6) is 0 Å². The number of rotatable bonds is 5. The maximum Gasteiger partial charge on any atom is 0.186 e. The molecule has 1 aliphatic rings.